The number of aliphatic carboxylic acids is 1. The van der Waals surface area contributed by atoms with Gasteiger partial charge in [0.1, 0.15) is 0 Å². The van der Waals surface area contributed by atoms with Gasteiger partial charge in [0.25, 0.3) is 0 Å². The van der Waals surface area contributed by atoms with Crippen LogP contribution in [0.3, 0.4) is 0 Å². The van der Waals surface area contributed by atoms with Gasteiger partial charge in [0, 0.05) is 19.0 Å². The van der Waals surface area contributed by atoms with E-state index in [2.05, 4.69) is 0 Å². The van der Waals surface area contributed by atoms with E-state index in [1.807, 2.05) is 36.4 Å². The smallest absolute Gasteiger partial charge is 0.312 e. The Labute approximate surface area is 161 Å². The number of nitrogens with zero attached hydrogens (tertiary/aromatic N) is 1. The van der Waals surface area contributed by atoms with Gasteiger partial charge in [0.2, 0.25) is 5.91 Å². The molecule has 4 rings (SSSR count). The van der Waals surface area contributed by atoms with Gasteiger partial charge >= 0.3 is 5.97 Å². The van der Waals surface area contributed by atoms with Gasteiger partial charge in [0.05, 0.1) is 16.0 Å². The normalized spacial score (nSPS) is 24.1. The predicted octanol–water partition coefficient (Wildman–Crippen LogP) is 4.31. The molecule has 134 valence electrons. The number of carbonyl (C=O) groups is 2. The maximum Gasteiger partial charge on any atom is 0.312 e. The highest BCUT2D eigenvalue weighted by Gasteiger charge is 2.48. The second-order valence-electron chi connectivity index (χ2n) is 6.90. The zero-order valence-corrected chi connectivity index (χ0v) is 15.4. The molecule has 2 aromatic carbocycles. The van der Waals surface area contributed by atoms with Crippen molar-refractivity contribution in [3.8, 4) is 0 Å². The molecule has 2 aliphatic rings. The van der Waals surface area contributed by atoms with Gasteiger partial charge in [-0.15, -0.1) is 0 Å². The van der Waals surface area contributed by atoms with E-state index < -0.39 is 11.9 Å². The minimum atomic E-state index is -0.903. The second-order valence-corrected chi connectivity index (χ2v) is 7.69. The molecule has 1 N–H and O–H groups in total. The Kier molecular flexibility index (Phi) is 4.41. The summed E-state index contributed by atoms with van der Waals surface area (Å²) < 4.78 is 0. The molecule has 3 unspecified atom stereocenters. The molecule has 1 amide bonds. The topological polar surface area (TPSA) is 57.6 Å². The molecule has 0 saturated heterocycles. The number of carboxylic acids is 1. The Balaban J connectivity index is 1.55. The number of carbonyl (C=O) groups excluding carboxylic acids is 1. The molecule has 26 heavy (non-hydrogen) atoms. The van der Waals surface area contributed by atoms with E-state index >= 15 is 0 Å². The highest BCUT2D eigenvalue weighted by molar-refractivity contribution is 6.42. The molecular formula is C20H17Cl2NO3. The molecule has 1 aliphatic heterocycles. The van der Waals surface area contributed by atoms with E-state index in [0.29, 0.717) is 16.6 Å². The Bertz CT molecular complexity index is 898. The molecule has 2 aromatic rings. The summed E-state index contributed by atoms with van der Waals surface area (Å²) in [5.74, 6) is -1.71. The summed E-state index contributed by atoms with van der Waals surface area (Å²) >= 11 is 12.4. The van der Waals surface area contributed by atoms with Crippen molar-refractivity contribution in [3.05, 3.63) is 69.2 Å². The summed E-state index contributed by atoms with van der Waals surface area (Å²) in [4.78, 5) is 26.3. The largest absolute Gasteiger partial charge is 0.481 e. The maximum atomic E-state index is 13.0. The van der Waals surface area contributed by atoms with E-state index in [-0.39, 0.29) is 24.3 Å². The molecule has 1 heterocycles. The lowest BCUT2D eigenvalue weighted by Gasteiger charge is -2.33. The molecule has 6 heteroatoms. The van der Waals surface area contributed by atoms with Crippen molar-refractivity contribution < 1.29 is 14.7 Å². The van der Waals surface area contributed by atoms with Crippen LogP contribution in [0.4, 0.5) is 0 Å². The van der Waals surface area contributed by atoms with Gasteiger partial charge in [0.15, 0.2) is 0 Å². The number of rotatable bonds is 3. The Morgan fingerprint density at radius 1 is 1.04 bits per heavy atom. The van der Waals surface area contributed by atoms with E-state index in [1.165, 1.54) is 0 Å². The highest BCUT2D eigenvalue weighted by atomic mass is 35.5. The van der Waals surface area contributed by atoms with Gasteiger partial charge in [-0.3, -0.25) is 9.59 Å². The molecule has 0 aromatic heterocycles. The van der Waals surface area contributed by atoms with E-state index in [0.717, 1.165) is 23.1 Å². The maximum absolute atomic E-state index is 13.0. The first-order chi connectivity index (χ1) is 12.5. The van der Waals surface area contributed by atoms with Crippen LogP contribution < -0.4 is 0 Å². The first-order valence-corrected chi connectivity index (χ1v) is 9.26. The molecule has 0 bridgehead atoms. The van der Waals surface area contributed by atoms with Crippen molar-refractivity contribution >= 4 is 35.1 Å². The molecule has 1 saturated carbocycles. The van der Waals surface area contributed by atoms with Crippen molar-refractivity contribution in [1.82, 2.24) is 4.90 Å². The fraction of sp³-hybridized carbons (Fsp3) is 0.300. The highest BCUT2D eigenvalue weighted by Crippen LogP contribution is 2.52. The molecular weight excluding hydrogens is 373 g/mol. The SMILES string of the molecule is O=C(O)C1CN(C(=O)C2CC2c2cccc(Cl)c2Cl)Cc2ccccc21. The molecule has 0 spiro atoms. The van der Waals surface area contributed by atoms with Gasteiger partial charge in [-0.2, -0.15) is 0 Å². The first kappa shape index (κ1) is 17.4. The van der Waals surface area contributed by atoms with Crippen LogP contribution in [0, 0.1) is 5.92 Å². The summed E-state index contributed by atoms with van der Waals surface area (Å²) in [7, 11) is 0. The fourth-order valence-corrected chi connectivity index (χ4v) is 4.29. The van der Waals surface area contributed by atoms with Crippen molar-refractivity contribution in [3.63, 3.8) is 0 Å². The van der Waals surface area contributed by atoms with E-state index in [9.17, 15) is 14.7 Å². The lowest BCUT2D eigenvalue weighted by atomic mass is 9.89. The predicted molar refractivity (Wildman–Crippen MR) is 99.5 cm³/mol. The summed E-state index contributed by atoms with van der Waals surface area (Å²) in [5, 5.41) is 10.6. The van der Waals surface area contributed by atoms with Crippen LogP contribution in [0.5, 0.6) is 0 Å². The standard InChI is InChI=1S/C20H17Cl2NO3/c21-17-7-3-6-13(18(17)22)14-8-15(14)19(24)23-9-11-4-1-2-5-12(11)16(10-23)20(25)26/h1-7,14-16H,8-10H2,(H,25,26). The summed E-state index contributed by atoms with van der Waals surface area (Å²) in [5.41, 5.74) is 2.59. The quantitative estimate of drug-likeness (QED) is 0.850. The molecule has 3 atom stereocenters. The first-order valence-electron chi connectivity index (χ1n) is 8.50. The Morgan fingerprint density at radius 3 is 2.54 bits per heavy atom. The number of hydrogen-bond donors (Lipinski definition) is 1. The van der Waals surface area contributed by atoms with Gasteiger partial charge in [-0.25, -0.2) is 0 Å². The molecule has 0 radical (unpaired) electrons. The van der Waals surface area contributed by atoms with Crippen LogP contribution in [0.2, 0.25) is 10.0 Å². The fourth-order valence-electron chi connectivity index (χ4n) is 3.84. The number of amides is 1. The molecule has 1 aliphatic carbocycles. The van der Waals surface area contributed by atoms with Crippen LogP contribution in [0.1, 0.15) is 34.9 Å². The molecule has 1 fully saturated rings. The third-order valence-electron chi connectivity index (χ3n) is 5.29. The average Bonchev–Trinajstić information content (AvgIpc) is 3.42. The number of fused-ring (bicyclic) bond motifs is 1. The Hall–Kier alpha value is -2.04. The summed E-state index contributed by atoms with van der Waals surface area (Å²) in [6.07, 6.45) is 0.717. The average molecular weight is 390 g/mol. The minimum absolute atomic E-state index is 0.00760. The van der Waals surface area contributed by atoms with Crippen LogP contribution in [-0.4, -0.2) is 28.4 Å². The lowest BCUT2D eigenvalue weighted by molar-refractivity contribution is -0.141. The minimum Gasteiger partial charge on any atom is -0.481 e. The van der Waals surface area contributed by atoms with Crippen LogP contribution in [0.15, 0.2) is 42.5 Å². The third kappa shape index (κ3) is 2.97. The van der Waals surface area contributed by atoms with E-state index in [4.69, 9.17) is 23.2 Å². The molecule has 4 nitrogen and oxygen atoms in total. The lowest BCUT2D eigenvalue weighted by Crippen LogP contribution is -2.41. The van der Waals surface area contributed by atoms with Crippen molar-refractivity contribution in [2.45, 2.75) is 24.8 Å². The van der Waals surface area contributed by atoms with Crippen molar-refractivity contribution in [2.24, 2.45) is 5.92 Å². The monoisotopic (exact) mass is 389 g/mol. The Morgan fingerprint density at radius 2 is 1.77 bits per heavy atom. The second kappa shape index (κ2) is 6.60. The van der Waals surface area contributed by atoms with Crippen molar-refractivity contribution in [2.75, 3.05) is 6.54 Å². The number of carboxylic acid groups (broad SMARTS) is 1. The van der Waals surface area contributed by atoms with Crippen LogP contribution in [0.25, 0.3) is 0 Å². The van der Waals surface area contributed by atoms with Gasteiger partial charge < -0.3 is 10.0 Å². The van der Waals surface area contributed by atoms with Crippen molar-refractivity contribution in [1.29, 1.82) is 0 Å². The van der Waals surface area contributed by atoms with Crippen LogP contribution in [-0.2, 0) is 16.1 Å². The van der Waals surface area contributed by atoms with Gasteiger partial charge in [-0.05, 0) is 35.1 Å². The number of halogens is 2. The van der Waals surface area contributed by atoms with Crippen LogP contribution >= 0.6 is 23.2 Å². The zero-order chi connectivity index (χ0) is 18.4. The zero-order valence-electron chi connectivity index (χ0n) is 13.9. The summed E-state index contributed by atoms with van der Waals surface area (Å²) in [6, 6.07) is 12.9. The summed E-state index contributed by atoms with van der Waals surface area (Å²) in [6.45, 7) is 0.656. The third-order valence-corrected chi connectivity index (χ3v) is 6.13. The van der Waals surface area contributed by atoms with E-state index in [1.54, 1.807) is 11.0 Å². The van der Waals surface area contributed by atoms with Gasteiger partial charge in [-0.1, -0.05) is 59.6 Å². The number of hydrogen-bond acceptors (Lipinski definition) is 2. The number of benzene rings is 2.